The van der Waals surface area contributed by atoms with Gasteiger partial charge in [0.25, 0.3) is 0 Å². The molecule has 0 aromatic carbocycles. The first kappa shape index (κ1) is 31.9. The molecule has 29 heavy (non-hydrogen) atoms. The molecule has 0 heterocycles. The first-order valence-electron chi connectivity index (χ1n) is 11.2. The maximum Gasteiger partial charge on any atom is 1.00 e. The molecule has 0 aliphatic heterocycles. The van der Waals surface area contributed by atoms with E-state index in [0.29, 0.717) is 0 Å². The van der Waals surface area contributed by atoms with Crippen LogP contribution in [0.5, 0.6) is 0 Å². The smallest absolute Gasteiger partial charge is 0.748 e. The molecule has 0 spiro atoms. The Morgan fingerprint density at radius 1 is 0.828 bits per heavy atom. The van der Waals surface area contributed by atoms with Gasteiger partial charge in [0.1, 0.15) is 0 Å². The number of hydrogen-bond acceptors (Lipinski definition) is 4. The normalized spacial score (nSPS) is 11.6. The predicted molar refractivity (Wildman–Crippen MR) is 116 cm³/mol. The van der Waals surface area contributed by atoms with Gasteiger partial charge >= 0.3 is 51.4 Å². The second-order valence-electron chi connectivity index (χ2n) is 7.81. The van der Waals surface area contributed by atoms with Crippen molar-refractivity contribution in [1.82, 2.24) is 4.90 Å². The van der Waals surface area contributed by atoms with Gasteiger partial charge in [0.15, 0.2) is 0 Å². The van der Waals surface area contributed by atoms with E-state index in [1.54, 1.807) is 0 Å². The van der Waals surface area contributed by atoms with Crippen molar-refractivity contribution in [2.24, 2.45) is 0 Å². The minimum atomic E-state index is -4.27. The number of rotatable bonds is 19. The van der Waals surface area contributed by atoms with Crippen molar-refractivity contribution in [3.05, 3.63) is 12.2 Å². The average molecular weight is 456 g/mol. The van der Waals surface area contributed by atoms with E-state index in [-0.39, 0.29) is 63.8 Å². The summed E-state index contributed by atoms with van der Waals surface area (Å²) >= 11 is 0. The molecule has 7 heteroatoms. The van der Waals surface area contributed by atoms with Crippen molar-refractivity contribution in [1.29, 1.82) is 0 Å². The number of allylic oxidation sites excluding steroid dienone is 1. The zero-order valence-corrected chi connectivity index (χ0v) is 23.1. The van der Waals surface area contributed by atoms with Crippen LogP contribution in [0.4, 0.5) is 0 Å². The Kier molecular flexibility index (Phi) is 24.2. The van der Waals surface area contributed by atoms with E-state index in [9.17, 15) is 17.8 Å². The van der Waals surface area contributed by atoms with Gasteiger partial charge in [-0.25, -0.2) is 8.42 Å². The SMILES string of the molecule is CCCCCCCCCCCCCCCC/C=C/C(=O)N(C)CCS(=O)(=O)[O-].[K+]. The summed E-state index contributed by atoms with van der Waals surface area (Å²) in [5, 5.41) is 0. The fraction of sp³-hybridized carbons (Fsp3) is 0.864. The van der Waals surface area contributed by atoms with Gasteiger partial charge in [-0.1, -0.05) is 96.5 Å². The van der Waals surface area contributed by atoms with E-state index in [0.717, 1.165) is 12.8 Å². The summed E-state index contributed by atoms with van der Waals surface area (Å²) in [7, 11) is -2.77. The quantitative estimate of drug-likeness (QED) is 0.130. The molecule has 0 saturated carbocycles. The molecule has 0 aliphatic carbocycles. The molecule has 0 fully saturated rings. The topological polar surface area (TPSA) is 77.5 Å². The first-order chi connectivity index (χ1) is 13.4. The van der Waals surface area contributed by atoms with E-state index in [4.69, 9.17) is 0 Å². The van der Waals surface area contributed by atoms with E-state index < -0.39 is 15.9 Å². The molecule has 0 atom stereocenters. The third kappa shape index (κ3) is 24.9. The summed E-state index contributed by atoms with van der Waals surface area (Å²) in [6.45, 7) is 2.20. The number of hydrogen-bond donors (Lipinski definition) is 0. The number of carbonyl (C=O) groups is 1. The molecule has 0 bridgehead atoms. The Bertz CT molecular complexity index is 509. The van der Waals surface area contributed by atoms with Crippen molar-refractivity contribution in [3.63, 3.8) is 0 Å². The molecule has 0 N–H and O–H groups in total. The van der Waals surface area contributed by atoms with Gasteiger partial charge in [-0.2, -0.15) is 0 Å². The maximum absolute atomic E-state index is 11.7. The average Bonchev–Trinajstić information content (AvgIpc) is 2.65. The van der Waals surface area contributed by atoms with Crippen LogP contribution in [0.1, 0.15) is 103 Å². The molecule has 0 saturated heterocycles. The van der Waals surface area contributed by atoms with Gasteiger partial charge in [0.2, 0.25) is 5.91 Å². The predicted octanol–water partition coefficient (Wildman–Crippen LogP) is 2.42. The Morgan fingerprint density at radius 3 is 1.66 bits per heavy atom. The monoisotopic (exact) mass is 455 g/mol. The number of amides is 1. The van der Waals surface area contributed by atoms with Crippen LogP contribution in [0.3, 0.4) is 0 Å². The molecule has 0 radical (unpaired) electrons. The van der Waals surface area contributed by atoms with Crippen molar-refractivity contribution >= 4 is 16.0 Å². The van der Waals surface area contributed by atoms with Crippen molar-refractivity contribution < 1.29 is 69.1 Å². The van der Waals surface area contributed by atoms with Crippen LogP contribution < -0.4 is 51.4 Å². The Morgan fingerprint density at radius 2 is 1.24 bits per heavy atom. The van der Waals surface area contributed by atoms with Crippen LogP contribution in [0.2, 0.25) is 0 Å². The molecule has 5 nitrogen and oxygen atoms in total. The second kappa shape index (κ2) is 22.0. The summed E-state index contributed by atoms with van der Waals surface area (Å²) < 4.78 is 31.7. The number of nitrogens with zero attached hydrogens (tertiary/aromatic N) is 1. The third-order valence-electron chi connectivity index (χ3n) is 5.04. The van der Waals surface area contributed by atoms with Crippen molar-refractivity contribution in [2.45, 2.75) is 103 Å². The number of unbranched alkanes of at least 4 members (excludes halogenated alkanes) is 14. The Labute approximate surface area is 222 Å². The van der Waals surface area contributed by atoms with Gasteiger partial charge in [-0.3, -0.25) is 4.79 Å². The summed E-state index contributed by atoms with van der Waals surface area (Å²) in [6, 6.07) is 0. The number of carbonyl (C=O) groups excluding carboxylic acids is 1. The largest absolute Gasteiger partial charge is 1.00 e. The van der Waals surface area contributed by atoms with Crippen molar-refractivity contribution in [3.8, 4) is 0 Å². The molecule has 0 unspecified atom stereocenters. The van der Waals surface area contributed by atoms with Crippen LogP contribution >= 0.6 is 0 Å². The standard InChI is InChI=1S/C22H43NO4S.K/c1-3-4-5-6-7-8-9-10-11-12-13-14-15-16-17-18-19-22(24)23(2)20-21-28(25,26)27;/h18-19H,3-17,20-21H2,1-2H3,(H,25,26,27);/q;+1/p-1/b19-18+;. The molecular weight excluding hydrogens is 413 g/mol. The summed E-state index contributed by atoms with van der Waals surface area (Å²) in [6.07, 6.45) is 22.7. The molecule has 0 aromatic rings. The van der Waals surface area contributed by atoms with Crippen molar-refractivity contribution in [2.75, 3.05) is 19.3 Å². The molecule has 0 aromatic heterocycles. The minimum absolute atomic E-state index is 0. The van der Waals surface area contributed by atoms with Crippen LogP contribution in [0.25, 0.3) is 0 Å². The van der Waals surface area contributed by atoms with Crippen LogP contribution in [-0.4, -0.2) is 43.1 Å². The van der Waals surface area contributed by atoms with Crippen LogP contribution in [0.15, 0.2) is 12.2 Å². The Balaban J connectivity index is 0. The third-order valence-corrected chi connectivity index (χ3v) is 5.72. The van der Waals surface area contributed by atoms with Crippen LogP contribution in [-0.2, 0) is 14.9 Å². The van der Waals surface area contributed by atoms with Gasteiger partial charge in [-0.15, -0.1) is 0 Å². The van der Waals surface area contributed by atoms with Gasteiger partial charge in [0, 0.05) is 13.6 Å². The van der Waals surface area contributed by atoms with Gasteiger partial charge in [0.05, 0.1) is 15.9 Å². The molecule has 0 aliphatic rings. The van der Waals surface area contributed by atoms with E-state index in [2.05, 4.69) is 6.92 Å². The zero-order valence-electron chi connectivity index (χ0n) is 19.2. The summed E-state index contributed by atoms with van der Waals surface area (Å²) in [5.74, 6) is -0.795. The van der Waals surface area contributed by atoms with Crippen LogP contribution in [0, 0.1) is 0 Å². The van der Waals surface area contributed by atoms with Gasteiger partial charge < -0.3 is 9.45 Å². The Hall–Kier alpha value is 0.756. The fourth-order valence-electron chi connectivity index (χ4n) is 3.13. The molecule has 0 rings (SSSR count). The van der Waals surface area contributed by atoms with E-state index >= 15 is 0 Å². The second-order valence-corrected chi connectivity index (χ2v) is 9.33. The number of likely N-dealkylation sites (N-methyl/N-ethyl adjacent to an activating group) is 1. The van der Waals surface area contributed by atoms with Gasteiger partial charge in [-0.05, 0) is 18.9 Å². The molecule has 1 amide bonds. The minimum Gasteiger partial charge on any atom is -0.748 e. The summed E-state index contributed by atoms with van der Waals surface area (Å²) in [4.78, 5) is 13.0. The fourth-order valence-corrected chi connectivity index (χ4v) is 3.62. The first-order valence-corrected chi connectivity index (χ1v) is 12.8. The van der Waals surface area contributed by atoms with E-state index in [1.807, 2.05) is 6.08 Å². The van der Waals surface area contributed by atoms with E-state index in [1.165, 1.54) is 101 Å². The zero-order chi connectivity index (χ0) is 21.1. The summed E-state index contributed by atoms with van der Waals surface area (Å²) in [5.41, 5.74) is 0. The molecule has 166 valence electrons. The maximum atomic E-state index is 11.7. The molecular formula is C22H42KNO4S.